The van der Waals surface area contributed by atoms with Gasteiger partial charge in [-0.15, -0.1) is 0 Å². The maximum absolute atomic E-state index is 13.0. The molecule has 170 valence electrons. The summed E-state index contributed by atoms with van der Waals surface area (Å²) in [5.41, 5.74) is 3.59. The second kappa shape index (κ2) is 11.1. The normalized spacial score (nSPS) is 10.3. The zero-order valence-electron chi connectivity index (χ0n) is 19.3. The van der Waals surface area contributed by atoms with Crippen LogP contribution in [0.25, 0.3) is 21.8 Å². The van der Waals surface area contributed by atoms with Crippen LogP contribution in [0.3, 0.4) is 0 Å². The highest BCUT2D eigenvalue weighted by molar-refractivity contribution is 5.87. The number of aromatic nitrogens is 3. The number of fused-ring (bicyclic) bond motifs is 2. The lowest BCUT2D eigenvalue weighted by atomic mass is 10.1. The van der Waals surface area contributed by atoms with E-state index in [4.69, 9.17) is 9.90 Å². The minimum atomic E-state index is -0.262. The van der Waals surface area contributed by atoms with Crippen molar-refractivity contribution in [2.45, 2.75) is 47.2 Å². The van der Waals surface area contributed by atoms with Crippen molar-refractivity contribution < 1.29 is 9.90 Å². The summed E-state index contributed by atoms with van der Waals surface area (Å²) in [6.45, 7) is 8.70. The number of benzene rings is 2. The highest BCUT2D eigenvalue weighted by Gasteiger charge is 2.15. The number of carbonyl (C=O) groups is 1. The van der Waals surface area contributed by atoms with Crippen molar-refractivity contribution in [2.24, 2.45) is 7.05 Å². The Morgan fingerprint density at radius 1 is 0.938 bits per heavy atom. The molecule has 7 heteroatoms. The lowest BCUT2D eigenvalue weighted by Gasteiger charge is -2.13. The Hall–Kier alpha value is -3.61. The molecule has 4 rings (SSSR count). The topological polar surface area (TPSA) is 86.2 Å². The first kappa shape index (κ1) is 24.7. The summed E-state index contributed by atoms with van der Waals surface area (Å²) in [6, 6.07) is 13.5. The largest absolute Gasteiger partial charge is 0.483 e. The molecule has 0 unspecified atom stereocenters. The molecule has 2 aromatic heterocycles. The van der Waals surface area contributed by atoms with Crippen molar-refractivity contribution in [1.82, 2.24) is 13.7 Å². The van der Waals surface area contributed by atoms with Gasteiger partial charge < -0.3 is 9.67 Å². The van der Waals surface area contributed by atoms with E-state index in [9.17, 15) is 9.59 Å². The Bertz CT molecular complexity index is 1330. The molecule has 32 heavy (non-hydrogen) atoms. The molecule has 0 aliphatic heterocycles. The molecule has 2 aromatic carbocycles. The van der Waals surface area contributed by atoms with E-state index in [2.05, 4.69) is 43.7 Å². The number of hydrogen-bond acceptors (Lipinski definition) is 3. The number of nitrogens with zero attached hydrogens (tertiary/aromatic N) is 3. The maximum atomic E-state index is 13.0. The van der Waals surface area contributed by atoms with E-state index >= 15 is 0 Å². The summed E-state index contributed by atoms with van der Waals surface area (Å²) < 4.78 is 5.10. The molecule has 0 saturated heterocycles. The van der Waals surface area contributed by atoms with Crippen molar-refractivity contribution in [1.29, 1.82) is 0 Å². The summed E-state index contributed by atoms with van der Waals surface area (Å²) in [4.78, 5) is 33.9. The van der Waals surface area contributed by atoms with E-state index < -0.39 is 0 Å². The van der Waals surface area contributed by atoms with Crippen LogP contribution in [-0.4, -0.2) is 25.3 Å². The minimum Gasteiger partial charge on any atom is -0.483 e. The van der Waals surface area contributed by atoms with Crippen LogP contribution >= 0.6 is 0 Å². The van der Waals surface area contributed by atoms with Gasteiger partial charge in [0.15, 0.2) is 0 Å². The van der Waals surface area contributed by atoms with Crippen molar-refractivity contribution in [3.63, 3.8) is 0 Å². The Morgan fingerprint density at radius 3 is 2.16 bits per heavy atom. The predicted octanol–water partition coefficient (Wildman–Crippen LogP) is 4.15. The quantitative estimate of drug-likeness (QED) is 0.488. The molecule has 0 spiro atoms. The van der Waals surface area contributed by atoms with Crippen molar-refractivity contribution in [2.75, 3.05) is 0 Å². The third-order valence-corrected chi connectivity index (χ3v) is 5.08. The van der Waals surface area contributed by atoms with Gasteiger partial charge in [-0.3, -0.25) is 18.7 Å². The Labute approximate surface area is 187 Å². The Balaban J connectivity index is 0.000000547. The number of hydrogen-bond donors (Lipinski definition) is 1. The summed E-state index contributed by atoms with van der Waals surface area (Å²) in [5.74, 6) is 0. The zero-order chi connectivity index (χ0) is 23.8. The summed E-state index contributed by atoms with van der Waals surface area (Å²) in [6.07, 6.45) is 3.32. The van der Waals surface area contributed by atoms with E-state index in [-0.39, 0.29) is 17.7 Å². The Morgan fingerprint density at radius 2 is 1.53 bits per heavy atom. The molecule has 0 fully saturated rings. The molecule has 0 bridgehead atoms. The van der Waals surface area contributed by atoms with Crippen LogP contribution in [0, 0.1) is 6.92 Å². The van der Waals surface area contributed by atoms with Gasteiger partial charge in [-0.05, 0) is 43.2 Å². The third kappa shape index (κ3) is 4.82. The molecular weight excluding hydrogens is 406 g/mol. The average Bonchev–Trinajstić information content (AvgIpc) is 3.09. The monoisotopic (exact) mass is 437 g/mol. The zero-order valence-corrected chi connectivity index (χ0v) is 19.3. The van der Waals surface area contributed by atoms with Crippen LogP contribution in [0.2, 0.25) is 0 Å². The number of aryl methyl sites for hydroxylation is 2. The third-order valence-electron chi connectivity index (χ3n) is 5.08. The minimum absolute atomic E-state index is 0.224. The first-order chi connectivity index (χ1) is 15.4. The Kier molecular flexibility index (Phi) is 8.58. The van der Waals surface area contributed by atoms with Gasteiger partial charge in [-0.1, -0.05) is 44.5 Å². The van der Waals surface area contributed by atoms with Crippen molar-refractivity contribution in [3.8, 4) is 0 Å². The van der Waals surface area contributed by atoms with Crippen LogP contribution in [-0.2, 0) is 24.9 Å². The standard InChI is InChI=1S/C21H21N3O2.C3H8.CH2O2/c1-4-23-20(25)16-9-5-6-10-17(16)24(21(23)26)13-15-12-22(3)18-11-7-8-14(2)19(15)18;1-3-2;2-1-3/h5-12H,4,13H2,1-3H3;3H2,1-2H3;1H,(H,2,3). The van der Waals surface area contributed by atoms with E-state index in [0.29, 0.717) is 24.0 Å². The van der Waals surface area contributed by atoms with Gasteiger partial charge >= 0.3 is 5.69 Å². The SMILES string of the molecule is CCC.CCn1c(=O)c2ccccc2n(Cc2cn(C)c3cccc(C)c23)c1=O.O=CO. The number of rotatable bonds is 3. The summed E-state index contributed by atoms with van der Waals surface area (Å²) in [7, 11) is 2.01. The van der Waals surface area contributed by atoms with Gasteiger partial charge in [0, 0.05) is 30.7 Å². The van der Waals surface area contributed by atoms with E-state index in [1.165, 1.54) is 21.9 Å². The number of carboxylic acid groups (broad SMARTS) is 1. The molecule has 0 saturated carbocycles. The highest BCUT2D eigenvalue weighted by atomic mass is 16.3. The van der Waals surface area contributed by atoms with Gasteiger partial charge in [0.2, 0.25) is 0 Å². The second-order valence-electron chi connectivity index (χ2n) is 7.48. The van der Waals surface area contributed by atoms with Gasteiger partial charge in [0.05, 0.1) is 17.4 Å². The van der Waals surface area contributed by atoms with Gasteiger partial charge in [0.1, 0.15) is 0 Å². The van der Waals surface area contributed by atoms with Gasteiger partial charge in [0.25, 0.3) is 12.0 Å². The fourth-order valence-corrected chi connectivity index (χ4v) is 3.82. The lowest BCUT2D eigenvalue weighted by molar-refractivity contribution is -0.122. The fraction of sp³-hybridized carbons (Fsp3) is 0.320. The lowest BCUT2D eigenvalue weighted by Crippen LogP contribution is -2.39. The second-order valence-corrected chi connectivity index (χ2v) is 7.48. The van der Waals surface area contributed by atoms with Crippen molar-refractivity contribution in [3.05, 3.63) is 80.6 Å². The molecule has 7 nitrogen and oxygen atoms in total. The molecule has 0 aliphatic rings. The first-order valence-corrected chi connectivity index (χ1v) is 10.7. The molecule has 0 radical (unpaired) electrons. The molecule has 0 atom stereocenters. The highest BCUT2D eigenvalue weighted by Crippen LogP contribution is 2.25. The van der Waals surface area contributed by atoms with Gasteiger partial charge in [-0.25, -0.2) is 4.79 Å². The molecular formula is C25H31N3O4. The van der Waals surface area contributed by atoms with Crippen LogP contribution in [0.5, 0.6) is 0 Å². The van der Waals surface area contributed by atoms with Crippen LogP contribution in [0.1, 0.15) is 38.3 Å². The number of para-hydroxylation sites is 1. The first-order valence-electron chi connectivity index (χ1n) is 10.7. The summed E-state index contributed by atoms with van der Waals surface area (Å²) >= 11 is 0. The average molecular weight is 438 g/mol. The molecule has 1 N–H and O–H groups in total. The van der Waals surface area contributed by atoms with Crippen LogP contribution < -0.4 is 11.2 Å². The predicted molar refractivity (Wildman–Crippen MR) is 130 cm³/mol. The van der Waals surface area contributed by atoms with E-state index in [1.807, 2.05) is 38.2 Å². The fourth-order valence-electron chi connectivity index (χ4n) is 3.82. The molecule has 2 heterocycles. The smallest absolute Gasteiger partial charge is 0.331 e. The van der Waals surface area contributed by atoms with Crippen molar-refractivity contribution >= 4 is 28.3 Å². The van der Waals surface area contributed by atoms with Gasteiger partial charge in [-0.2, -0.15) is 0 Å². The molecule has 4 aromatic rings. The summed E-state index contributed by atoms with van der Waals surface area (Å²) in [5, 5.41) is 8.63. The maximum Gasteiger partial charge on any atom is 0.331 e. The van der Waals surface area contributed by atoms with Crippen LogP contribution in [0.4, 0.5) is 0 Å². The van der Waals surface area contributed by atoms with E-state index in [1.54, 1.807) is 10.6 Å². The van der Waals surface area contributed by atoms with E-state index in [0.717, 1.165) is 11.1 Å². The van der Waals surface area contributed by atoms with Crippen LogP contribution in [0.15, 0.2) is 58.3 Å². The molecule has 0 aliphatic carbocycles. The molecule has 0 amide bonds.